The van der Waals surface area contributed by atoms with Gasteiger partial charge in [0.05, 0.1) is 0 Å². The minimum atomic E-state index is -0.0632. The van der Waals surface area contributed by atoms with Crippen molar-refractivity contribution in [3.05, 3.63) is 0 Å². The summed E-state index contributed by atoms with van der Waals surface area (Å²) in [6, 6.07) is 0. The minimum absolute atomic E-state index is 0.0580. The van der Waals surface area contributed by atoms with Gasteiger partial charge in [-0.05, 0) is 0 Å². The van der Waals surface area contributed by atoms with E-state index in [1.165, 1.54) is 0 Å². The average Bonchev–Trinajstić information content (AvgIpc) is 2.20. The van der Waals surface area contributed by atoms with Crippen molar-refractivity contribution in [3.8, 4) is 0 Å². The Morgan fingerprint density at radius 2 is 2.42 bits per heavy atom. The summed E-state index contributed by atoms with van der Waals surface area (Å²) in [5.41, 5.74) is 0. The van der Waals surface area contributed by atoms with Crippen LogP contribution in [-0.4, -0.2) is 28.1 Å². The van der Waals surface area contributed by atoms with E-state index in [1.807, 2.05) is 0 Å². The van der Waals surface area contributed by atoms with Crippen LogP contribution in [0.25, 0.3) is 0 Å². The number of carbonyl (C=O) groups excluding carboxylic acids is 1. The van der Waals surface area contributed by atoms with Crippen molar-refractivity contribution in [2.45, 2.75) is 49.9 Å². The molecule has 0 saturated carbocycles. The van der Waals surface area contributed by atoms with E-state index in [9.17, 15) is 4.79 Å². The van der Waals surface area contributed by atoms with Crippen LogP contribution in [0.4, 0.5) is 0 Å². The van der Waals surface area contributed by atoms with Crippen LogP contribution in [0, 0.1) is 0 Å². The maximum atomic E-state index is 11.0. The molecule has 2 atom stereocenters. The van der Waals surface area contributed by atoms with E-state index in [0.717, 1.165) is 19.3 Å². The molecule has 0 aromatic heterocycles. The standard InChI is InChI=1S/C9H15O2Se/c1-3-4-5-7-9(2,12)6-8(10)11-7/h7H,3-6H2,1-2H3. The molecule has 1 fully saturated rings. The fraction of sp³-hybridized carbons (Fsp3) is 0.889. The van der Waals surface area contributed by atoms with Crippen LogP contribution >= 0.6 is 0 Å². The molecule has 2 nitrogen and oxygen atoms in total. The molecule has 69 valence electrons. The molecule has 2 unspecified atom stereocenters. The molecule has 1 aliphatic heterocycles. The van der Waals surface area contributed by atoms with Gasteiger partial charge < -0.3 is 0 Å². The summed E-state index contributed by atoms with van der Waals surface area (Å²) in [6.45, 7) is 4.20. The van der Waals surface area contributed by atoms with Crippen LogP contribution < -0.4 is 0 Å². The van der Waals surface area contributed by atoms with Crippen molar-refractivity contribution in [1.29, 1.82) is 0 Å². The molecule has 1 heterocycles. The van der Waals surface area contributed by atoms with Crippen LogP contribution in [0.1, 0.15) is 39.5 Å². The summed E-state index contributed by atoms with van der Waals surface area (Å²) in [6.07, 6.45) is 3.91. The van der Waals surface area contributed by atoms with Crippen molar-refractivity contribution in [1.82, 2.24) is 0 Å². The number of esters is 1. The zero-order chi connectivity index (χ0) is 9.19. The molecule has 1 aliphatic rings. The van der Waals surface area contributed by atoms with Crippen molar-refractivity contribution in [2.24, 2.45) is 0 Å². The van der Waals surface area contributed by atoms with Gasteiger partial charge in [-0.15, -0.1) is 0 Å². The number of hydrogen-bond acceptors (Lipinski definition) is 2. The van der Waals surface area contributed by atoms with E-state index in [2.05, 4.69) is 29.9 Å². The third-order valence-electron chi connectivity index (χ3n) is 2.27. The van der Waals surface area contributed by atoms with Gasteiger partial charge in [-0.2, -0.15) is 0 Å². The molecule has 0 aliphatic carbocycles. The van der Waals surface area contributed by atoms with E-state index in [-0.39, 0.29) is 16.4 Å². The molecule has 12 heavy (non-hydrogen) atoms. The fourth-order valence-corrected chi connectivity index (χ4v) is 2.07. The number of cyclic esters (lactones) is 1. The second kappa shape index (κ2) is 3.80. The first kappa shape index (κ1) is 10.1. The molecule has 1 saturated heterocycles. The van der Waals surface area contributed by atoms with Gasteiger partial charge in [0.25, 0.3) is 0 Å². The molecule has 0 bridgehead atoms. The molecule has 1 radical (unpaired) electrons. The van der Waals surface area contributed by atoms with Crippen LogP contribution in [-0.2, 0) is 9.53 Å². The van der Waals surface area contributed by atoms with Gasteiger partial charge in [-0.25, -0.2) is 0 Å². The molecule has 0 amide bonds. The monoisotopic (exact) mass is 235 g/mol. The van der Waals surface area contributed by atoms with Crippen LogP contribution in [0.2, 0.25) is 4.31 Å². The first-order valence-corrected chi connectivity index (χ1v) is 5.32. The van der Waals surface area contributed by atoms with Gasteiger partial charge in [0.15, 0.2) is 0 Å². The number of unbranched alkanes of at least 4 members (excludes halogenated alkanes) is 1. The molecular formula is C9H15O2Se. The maximum absolute atomic E-state index is 11.0. The Morgan fingerprint density at radius 1 is 1.75 bits per heavy atom. The van der Waals surface area contributed by atoms with E-state index >= 15 is 0 Å². The Hall–Kier alpha value is -0.0105. The third-order valence-corrected chi connectivity index (χ3v) is 3.12. The summed E-state index contributed by atoms with van der Waals surface area (Å²) in [4.78, 5) is 11.0. The summed E-state index contributed by atoms with van der Waals surface area (Å²) in [5, 5.41) is 0. The van der Waals surface area contributed by atoms with Crippen molar-refractivity contribution in [3.63, 3.8) is 0 Å². The van der Waals surface area contributed by atoms with E-state index < -0.39 is 0 Å². The summed E-state index contributed by atoms with van der Waals surface area (Å²) >= 11 is 3.06. The summed E-state index contributed by atoms with van der Waals surface area (Å²) < 4.78 is 5.15. The molecule has 0 aromatic rings. The molecule has 3 heteroatoms. The van der Waals surface area contributed by atoms with Crippen molar-refractivity contribution < 1.29 is 9.53 Å². The summed E-state index contributed by atoms with van der Waals surface area (Å²) in [7, 11) is 0. The SMILES string of the molecule is CCCCC1OC(=O)CC1(C)[Se]. The first-order valence-electron chi connectivity index (χ1n) is 4.46. The normalized spacial score (nSPS) is 35.2. The first-order chi connectivity index (χ1) is 5.56. The van der Waals surface area contributed by atoms with Gasteiger partial charge in [0.1, 0.15) is 0 Å². The molecule has 1 rings (SSSR count). The van der Waals surface area contributed by atoms with E-state index in [1.54, 1.807) is 0 Å². The van der Waals surface area contributed by atoms with Crippen molar-refractivity contribution >= 4 is 22.0 Å². The third kappa shape index (κ3) is 2.24. The van der Waals surface area contributed by atoms with Crippen LogP contribution in [0.5, 0.6) is 0 Å². The van der Waals surface area contributed by atoms with E-state index in [0.29, 0.717) is 6.42 Å². The Kier molecular flexibility index (Phi) is 3.19. The topological polar surface area (TPSA) is 26.3 Å². The number of carbonyl (C=O) groups is 1. The predicted octanol–water partition coefficient (Wildman–Crippen LogP) is 1.84. The fourth-order valence-electron chi connectivity index (χ4n) is 1.48. The molecule has 0 spiro atoms. The Labute approximate surface area is 81.9 Å². The Balaban J connectivity index is 2.47. The summed E-state index contributed by atoms with van der Waals surface area (Å²) in [5.74, 6) is -0.0580. The van der Waals surface area contributed by atoms with Gasteiger partial charge in [0, 0.05) is 0 Å². The number of hydrogen-bond donors (Lipinski definition) is 0. The van der Waals surface area contributed by atoms with Gasteiger partial charge in [-0.3, -0.25) is 0 Å². The Bertz CT molecular complexity index is 177. The van der Waals surface area contributed by atoms with Gasteiger partial charge in [-0.1, -0.05) is 0 Å². The predicted molar refractivity (Wildman–Crippen MR) is 48.1 cm³/mol. The molecular weight excluding hydrogens is 219 g/mol. The molecule has 0 aromatic carbocycles. The number of rotatable bonds is 3. The zero-order valence-corrected chi connectivity index (χ0v) is 9.34. The number of ether oxygens (including phenoxy) is 1. The van der Waals surface area contributed by atoms with Gasteiger partial charge in [0.2, 0.25) is 0 Å². The molecule has 0 N–H and O–H groups in total. The zero-order valence-electron chi connectivity index (χ0n) is 7.63. The van der Waals surface area contributed by atoms with Gasteiger partial charge >= 0.3 is 81.5 Å². The second-order valence-electron chi connectivity index (χ2n) is 3.61. The van der Waals surface area contributed by atoms with Crippen LogP contribution in [0.3, 0.4) is 0 Å². The van der Waals surface area contributed by atoms with E-state index in [4.69, 9.17) is 4.74 Å². The Morgan fingerprint density at radius 3 is 2.83 bits per heavy atom. The van der Waals surface area contributed by atoms with Crippen LogP contribution in [0.15, 0.2) is 0 Å². The van der Waals surface area contributed by atoms with Crippen molar-refractivity contribution in [2.75, 3.05) is 0 Å². The average molecular weight is 234 g/mol. The second-order valence-corrected chi connectivity index (χ2v) is 5.57. The quantitative estimate of drug-likeness (QED) is 0.550.